The number of anilines is 1. The van der Waals surface area contributed by atoms with Crippen molar-refractivity contribution in [1.29, 1.82) is 0 Å². The van der Waals surface area contributed by atoms with Gasteiger partial charge in [-0.05, 0) is 36.6 Å². The minimum atomic E-state index is -0.255. The Morgan fingerprint density at radius 2 is 1.93 bits per heavy atom. The number of fused-ring (bicyclic) bond motifs is 1. The SMILES string of the molecule is CCc1cccc(NC(=O)Cn2cnc3sc(C)c(-c4ccccc4)c3c2=O)c1. The summed E-state index contributed by atoms with van der Waals surface area (Å²) in [6, 6.07) is 17.5. The summed E-state index contributed by atoms with van der Waals surface area (Å²) in [5.41, 5.74) is 3.55. The number of hydrogen-bond acceptors (Lipinski definition) is 4. The van der Waals surface area contributed by atoms with E-state index in [2.05, 4.69) is 17.2 Å². The van der Waals surface area contributed by atoms with E-state index in [0.29, 0.717) is 10.2 Å². The minimum absolute atomic E-state index is 0.0821. The number of hydrogen-bond donors (Lipinski definition) is 1. The third kappa shape index (κ3) is 3.84. The van der Waals surface area contributed by atoms with Crippen LogP contribution < -0.4 is 10.9 Å². The fourth-order valence-electron chi connectivity index (χ4n) is 3.43. The predicted octanol–water partition coefficient (Wildman–Crippen LogP) is 4.63. The topological polar surface area (TPSA) is 64.0 Å². The van der Waals surface area contributed by atoms with E-state index in [-0.39, 0.29) is 18.0 Å². The van der Waals surface area contributed by atoms with Crippen LogP contribution in [0.1, 0.15) is 17.4 Å². The van der Waals surface area contributed by atoms with Gasteiger partial charge in [0, 0.05) is 16.1 Å². The predicted molar refractivity (Wildman–Crippen MR) is 119 cm³/mol. The van der Waals surface area contributed by atoms with Gasteiger partial charge in [0.15, 0.2) is 0 Å². The van der Waals surface area contributed by atoms with E-state index >= 15 is 0 Å². The summed E-state index contributed by atoms with van der Waals surface area (Å²) >= 11 is 1.50. The van der Waals surface area contributed by atoms with Crippen LogP contribution in [-0.4, -0.2) is 15.5 Å². The van der Waals surface area contributed by atoms with E-state index in [4.69, 9.17) is 0 Å². The van der Waals surface area contributed by atoms with Crippen LogP contribution in [0.4, 0.5) is 5.69 Å². The molecule has 0 radical (unpaired) electrons. The quantitative estimate of drug-likeness (QED) is 0.528. The number of carbonyl (C=O) groups is 1. The molecule has 0 bridgehead atoms. The van der Waals surface area contributed by atoms with Crippen molar-refractivity contribution in [1.82, 2.24) is 9.55 Å². The van der Waals surface area contributed by atoms with Gasteiger partial charge in [-0.15, -0.1) is 11.3 Å². The maximum atomic E-state index is 13.2. The minimum Gasteiger partial charge on any atom is -0.325 e. The molecule has 6 heteroatoms. The number of amides is 1. The van der Waals surface area contributed by atoms with Gasteiger partial charge < -0.3 is 5.32 Å². The van der Waals surface area contributed by atoms with Crippen LogP contribution in [-0.2, 0) is 17.8 Å². The standard InChI is InChI=1S/C23H21N3O2S/c1-3-16-8-7-11-18(12-16)25-19(27)13-26-14-24-22-21(23(26)28)20(15(2)29-22)17-9-5-4-6-10-17/h4-12,14H,3,13H2,1-2H3,(H,25,27). The second kappa shape index (κ2) is 8.01. The van der Waals surface area contributed by atoms with Crippen LogP contribution in [0, 0.1) is 6.92 Å². The second-order valence-corrected chi connectivity index (χ2v) is 8.06. The van der Waals surface area contributed by atoms with E-state index in [0.717, 1.165) is 33.7 Å². The molecule has 146 valence electrons. The summed E-state index contributed by atoms with van der Waals surface area (Å²) in [6.45, 7) is 3.97. The first-order chi connectivity index (χ1) is 14.1. The van der Waals surface area contributed by atoms with Crippen LogP contribution in [0.15, 0.2) is 65.7 Å². The van der Waals surface area contributed by atoms with Crippen LogP contribution in [0.3, 0.4) is 0 Å². The highest BCUT2D eigenvalue weighted by Gasteiger charge is 2.17. The Bertz CT molecular complexity index is 1240. The molecule has 0 unspecified atom stereocenters. The van der Waals surface area contributed by atoms with E-state index < -0.39 is 0 Å². The van der Waals surface area contributed by atoms with Crippen molar-refractivity contribution >= 4 is 33.1 Å². The Kier molecular flexibility index (Phi) is 5.27. The molecule has 5 nitrogen and oxygen atoms in total. The molecule has 1 N–H and O–H groups in total. The molecule has 0 saturated carbocycles. The average molecular weight is 404 g/mol. The highest BCUT2D eigenvalue weighted by atomic mass is 32.1. The number of thiophene rings is 1. The highest BCUT2D eigenvalue weighted by molar-refractivity contribution is 7.19. The first-order valence-electron chi connectivity index (χ1n) is 9.49. The third-order valence-electron chi connectivity index (χ3n) is 4.85. The van der Waals surface area contributed by atoms with Crippen LogP contribution in [0.5, 0.6) is 0 Å². The Morgan fingerprint density at radius 3 is 2.69 bits per heavy atom. The fraction of sp³-hybridized carbons (Fsp3) is 0.174. The zero-order chi connectivity index (χ0) is 20.4. The van der Waals surface area contributed by atoms with Crippen molar-refractivity contribution in [3.05, 3.63) is 81.7 Å². The lowest BCUT2D eigenvalue weighted by Gasteiger charge is -2.09. The lowest BCUT2D eigenvalue weighted by molar-refractivity contribution is -0.116. The van der Waals surface area contributed by atoms with Crippen LogP contribution in [0.25, 0.3) is 21.3 Å². The van der Waals surface area contributed by atoms with Gasteiger partial charge in [0.05, 0.1) is 11.7 Å². The summed E-state index contributed by atoms with van der Waals surface area (Å²) in [6.07, 6.45) is 2.35. The number of carbonyl (C=O) groups excluding carboxylic acids is 1. The van der Waals surface area contributed by atoms with Crippen molar-refractivity contribution in [3.63, 3.8) is 0 Å². The first kappa shape index (κ1) is 19.1. The summed E-state index contributed by atoms with van der Waals surface area (Å²) in [4.78, 5) is 31.9. The molecule has 0 saturated heterocycles. The molecule has 0 atom stereocenters. The highest BCUT2D eigenvalue weighted by Crippen LogP contribution is 2.35. The monoisotopic (exact) mass is 403 g/mol. The average Bonchev–Trinajstić information content (AvgIpc) is 3.07. The molecule has 0 spiro atoms. The number of nitrogens with zero attached hydrogens (tertiary/aromatic N) is 2. The molecule has 4 aromatic rings. The summed E-state index contributed by atoms with van der Waals surface area (Å²) in [5.74, 6) is -0.255. The number of aryl methyl sites for hydroxylation is 2. The Labute approximate surface area is 172 Å². The van der Waals surface area contributed by atoms with Gasteiger partial charge in [0.25, 0.3) is 5.56 Å². The van der Waals surface area contributed by atoms with Crippen molar-refractivity contribution in [2.45, 2.75) is 26.8 Å². The van der Waals surface area contributed by atoms with Crippen molar-refractivity contribution < 1.29 is 4.79 Å². The first-order valence-corrected chi connectivity index (χ1v) is 10.3. The zero-order valence-corrected chi connectivity index (χ0v) is 17.1. The Hall–Kier alpha value is -3.25. The van der Waals surface area contributed by atoms with E-state index in [1.807, 2.05) is 61.5 Å². The molecule has 0 aliphatic rings. The number of benzene rings is 2. The Balaban J connectivity index is 1.67. The number of aromatic nitrogens is 2. The number of rotatable bonds is 5. The molecular weight excluding hydrogens is 382 g/mol. The maximum Gasteiger partial charge on any atom is 0.263 e. The molecule has 0 fully saturated rings. The van der Waals surface area contributed by atoms with Crippen LogP contribution >= 0.6 is 11.3 Å². The lowest BCUT2D eigenvalue weighted by Crippen LogP contribution is -2.27. The van der Waals surface area contributed by atoms with E-state index in [1.165, 1.54) is 22.2 Å². The van der Waals surface area contributed by atoms with Crippen molar-refractivity contribution in [2.75, 3.05) is 5.32 Å². The second-order valence-electron chi connectivity index (χ2n) is 6.86. The molecule has 0 aliphatic heterocycles. The van der Waals surface area contributed by atoms with Crippen molar-refractivity contribution in [2.24, 2.45) is 0 Å². The molecule has 4 rings (SSSR count). The third-order valence-corrected chi connectivity index (χ3v) is 5.86. The summed E-state index contributed by atoms with van der Waals surface area (Å²) in [5, 5.41) is 3.44. The van der Waals surface area contributed by atoms with Crippen molar-refractivity contribution in [3.8, 4) is 11.1 Å². The van der Waals surface area contributed by atoms with Gasteiger partial charge in [-0.3, -0.25) is 14.2 Å². The molecule has 1 amide bonds. The normalized spacial score (nSPS) is 11.0. The zero-order valence-electron chi connectivity index (χ0n) is 16.3. The maximum absolute atomic E-state index is 13.2. The molecule has 2 aromatic carbocycles. The van der Waals surface area contributed by atoms with Gasteiger partial charge in [-0.1, -0.05) is 49.4 Å². The van der Waals surface area contributed by atoms with Gasteiger partial charge >= 0.3 is 0 Å². The van der Waals surface area contributed by atoms with Gasteiger partial charge in [-0.25, -0.2) is 4.98 Å². The number of nitrogens with one attached hydrogen (secondary N) is 1. The molecule has 0 aliphatic carbocycles. The van der Waals surface area contributed by atoms with Gasteiger partial charge in [0.2, 0.25) is 5.91 Å². The fourth-order valence-corrected chi connectivity index (χ4v) is 4.43. The van der Waals surface area contributed by atoms with Crippen LogP contribution in [0.2, 0.25) is 0 Å². The van der Waals surface area contributed by atoms with E-state index in [9.17, 15) is 9.59 Å². The largest absolute Gasteiger partial charge is 0.325 e. The lowest BCUT2D eigenvalue weighted by atomic mass is 10.0. The van der Waals surface area contributed by atoms with E-state index in [1.54, 1.807) is 0 Å². The smallest absolute Gasteiger partial charge is 0.263 e. The van der Waals surface area contributed by atoms with Gasteiger partial charge in [0.1, 0.15) is 11.4 Å². The molecule has 2 aromatic heterocycles. The molecular formula is C23H21N3O2S. The summed E-state index contributed by atoms with van der Waals surface area (Å²) < 4.78 is 1.37. The summed E-state index contributed by atoms with van der Waals surface area (Å²) in [7, 11) is 0. The molecule has 29 heavy (non-hydrogen) atoms. The van der Waals surface area contributed by atoms with Gasteiger partial charge in [-0.2, -0.15) is 0 Å². The Morgan fingerprint density at radius 1 is 1.14 bits per heavy atom. The molecule has 2 heterocycles.